The standard InChI is InChI=1S/C16H20N2O4S/c17-15-2-4-16(5-3-15)22-12-1-9-18-10-6-14(7-11-18)8-13-23(19,20)21/h2-7,10-11H,1,8-9,12-13,17H2. The molecule has 0 spiro atoms. The van der Waals surface area contributed by atoms with Gasteiger partial charge in [-0.2, -0.15) is 0 Å². The van der Waals surface area contributed by atoms with Gasteiger partial charge in [-0.05, 0) is 36.2 Å². The average Bonchev–Trinajstić information content (AvgIpc) is 2.52. The van der Waals surface area contributed by atoms with Crippen LogP contribution < -0.4 is 15.0 Å². The van der Waals surface area contributed by atoms with Crippen LogP contribution in [0.3, 0.4) is 0 Å². The van der Waals surface area contributed by atoms with Gasteiger partial charge in [0.15, 0.2) is 18.9 Å². The quantitative estimate of drug-likeness (QED) is 0.337. The van der Waals surface area contributed by atoms with Gasteiger partial charge in [0.1, 0.15) is 5.75 Å². The van der Waals surface area contributed by atoms with Crippen LogP contribution >= 0.6 is 0 Å². The van der Waals surface area contributed by atoms with E-state index in [1.54, 1.807) is 12.1 Å². The van der Waals surface area contributed by atoms with Gasteiger partial charge in [-0.25, -0.2) is 13.0 Å². The fraction of sp³-hybridized carbons (Fsp3) is 0.312. The van der Waals surface area contributed by atoms with E-state index in [0.29, 0.717) is 12.3 Å². The summed E-state index contributed by atoms with van der Waals surface area (Å²) in [6.07, 6.45) is 4.82. The molecule has 0 aliphatic carbocycles. The number of ether oxygens (including phenoxy) is 1. The largest absolute Gasteiger partial charge is 0.748 e. The summed E-state index contributed by atoms with van der Waals surface area (Å²) in [5, 5.41) is 0. The molecule has 0 aliphatic rings. The van der Waals surface area contributed by atoms with E-state index >= 15 is 0 Å². The summed E-state index contributed by atoms with van der Waals surface area (Å²) in [7, 11) is -4.16. The van der Waals surface area contributed by atoms with Crippen molar-refractivity contribution in [1.82, 2.24) is 0 Å². The lowest BCUT2D eigenvalue weighted by Crippen LogP contribution is -2.33. The Morgan fingerprint density at radius 1 is 1.09 bits per heavy atom. The number of nitrogen functional groups attached to an aromatic ring is 1. The Bertz CT molecular complexity index is 713. The monoisotopic (exact) mass is 336 g/mol. The zero-order chi connectivity index (χ0) is 16.7. The molecule has 2 rings (SSSR count). The molecule has 0 saturated carbocycles. The van der Waals surface area contributed by atoms with Gasteiger partial charge in [0, 0.05) is 30.0 Å². The number of rotatable bonds is 8. The Kier molecular flexibility index (Phi) is 5.95. The van der Waals surface area contributed by atoms with E-state index in [1.807, 2.05) is 41.2 Å². The molecule has 7 heteroatoms. The molecule has 2 N–H and O–H groups in total. The molecule has 6 nitrogen and oxygen atoms in total. The third-order valence-corrected chi connectivity index (χ3v) is 4.01. The van der Waals surface area contributed by atoms with E-state index in [1.165, 1.54) is 0 Å². The van der Waals surface area contributed by atoms with Crippen molar-refractivity contribution < 1.29 is 22.3 Å². The molecule has 2 aromatic rings. The molecule has 0 amide bonds. The predicted octanol–water partition coefficient (Wildman–Crippen LogP) is 1.11. The van der Waals surface area contributed by atoms with Gasteiger partial charge in [-0.3, -0.25) is 0 Å². The Balaban J connectivity index is 1.72. The Labute approximate surface area is 136 Å². The van der Waals surface area contributed by atoms with Gasteiger partial charge in [0.25, 0.3) is 0 Å². The normalized spacial score (nSPS) is 11.3. The molecule has 0 atom stereocenters. The van der Waals surface area contributed by atoms with Gasteiger partial charge in [0.2, 0.25) is 0 Å². The highest BCUT2D eigenvalue weighted by molar-refractivity contribution is 7.85. The minimum atomic E-state index is -4.16. The van der Waals surface area contributed by atoms with Crippen molar-refractivity contribution in [2.24, 2.45) is 0 Å². The summed E-state index contributed by atoms with van der Waals surface area (Å²) in [4.78, 5) is 0. The van der Waals surface area contributed by atoms with Crippen LogP contribution in [0.15, 0.2) is 48.8 Å². The lowest BCUT2D eigenvalue weighted by molar-refractivity contribution is -0.697. The minimum absolute atomic E-state index is 0.243. The topological polar surface area (TPSA) is 96.3 Å². The summed E-state index contributed by atoms with van der Waals surface area (Å²) in [6, 6.07) is 10.9. The lowest BCUT2D eigenvalue weighted by Gasteiger charge is -2.06. The molecule has 0 aliphatic heterocycles. The zero-order valence-corrected chi connectivity index (χ0v) is 13.5. The van der Waals surface area contributed by atoms with Crippen LogP contribution in [0.4, 0.5) is 5.69 Å². The second-order valence-corrected chi connectivity index (χ2v) is 6.75. The number of nitrogens with zero attached hydrogens (tertiary/aromatic N) is 1. The number of aromatic nitrogens is 1. The van der Waals surface area contributed by atoms with E-state index in [0.717, 1.165) is 24.3 Å². The first-order valence-corrected chi connectivity index (χ1v) is 8.90. The van der Waals surface area contributed by atoms with Crippen molar-refractivity contribution in [3.8, 4) is 5.75 Å². The molecule has 0 saturated heterocycles. The van der Waals surface area contributed by atoms with E-state index in [4.69, 9.17) is 10.5 Å². The van der Waals surface area contributed by atoms with Crippen LogP contribution in [0, 0.1) is 0 Å². The van der Waals surface area contributed by atoms with Gasteiger partial charge < -0.3 is 15.0 Å². The molecule has 124 valence electrons. The molecule has 0 radical (unpaired) electrons. The van der Waals surface area contributed by atoms with Crippen LogP contribution in [0.1, 0.15) is 12.0 Å². The third kappa shape index (κ3) is 6.66. The SMILES string of the molecule is Nc1ccc(OCCC[n+]2ccc(CCS(=O)(=O)[O-])cc2)cc1. The van der Waals surface area contributed by atoms with E-state index in [2.05, 4.69) is 0 Å². The highest BCUT2D eigenvalue weighted by atomic mass is 32.2. The molecular formula is C16H20N2O4S. The van der Waals surface area contributed by atoms with Gasteiger partial charge in [-0.15, -0.1) is 0 Å². The van der Waals surface area contributed by atoms with Crippen molar-refractivity contribution in [3.63, 3.8) is 0 Å². The fourth-order valence-corrected chi connectivity index (χ4v) is 2.53. The third-order valence-electron chi connectivity index (χ3n) is 3.31. The molecule has 1 heterocycles. The maximum atomic E-state index is 10.6. The number of nitrogens with two attached hydrogens (primary N) is 1. The van der Waals surface area contributed by atoms with Crippen LogP contribution in [0.25, 0.3) is 0 Å². The highest BCUT2D eigenvalue weighted by Crippen LogP contribution is 2.13. The average molecular weight is 336 g/mol. The summed E-state index contributed by atoms with van der Waals surface area (Å²) >= 11 is 0. The summed E-state index contributed by atoms with van der Waals surface area (Å²) in [5.74, 6) is 0.422. The highest BCUT2D eigenvalue weighted by Gasteiger charge is 2.03. The molecule has 23 heavy (non-hydrogen) atoms. The van der Waals surface area contributed by atoms with E-state index in [9.17, 15) is 13.0 Å². The first-order valence-electron chi connectivity index (χ1n) is 7.32. The maximum Gasteiger partial charge on any atom is 0.169 e. The minimum Gasteiger partial charge on any atom is -0.748 e. The second-order valence-electron chi connectivity index (χ2n) is 5.23. The van der Waals surface area contributed by atoms with Crippen molar-refractivity contribution in [2.75, 3.05) is 18.1 Å². The molecule has 1 aromatic carbocycles. The fourth-order valence-electron chi connectivity index (χ4n) is 2.05. The van der Waals surface area contributed by atoms with Crippen LogP contribution in [-0.4, -0.2) is 25.3 Å². The van der Waals surface area contributed by atoms with Crippen molar-refractivity contribution in [3.05, 3.63) is 54.4 Å². The molecular weight excluding hydrogens is 316 g/mol. The summed E-state index contributed by atoms with van der Waals surface area (Å²) < 4.78 is 39.4. The Hall–Kier alpha value is -2.12. The first-order chi connectivity index (χ1) is 10.9. The molecule has 0 unspecified atom stereocenters. The van der Waals surface area contributed by atoms with Gasteiger partial charge in [0.05, 0.1) is 16.7 Å². The van der Waals surface area contributed by atoms with Crippen LogP contribution in [0.5, 0.6) is 5.75 Å². The number of anilines is 1. The summed E-state index contributed by atoms with van der Waals surface area (Å²) in [6.45, 7) is 1.38. The van der Waals surface area contributed by atoms with Crippen molar-refractivity contribution >= 4 is 15.8 Å². The van der Waals surface area contributed by atoms with Crippen molar-refractivity contribution in [1.29, 1.82) is 0 Å². The maximum absolute atomic E-state index is 10.6. The zero-order valence-electron chi connectivity index (χ0n) is 12.7. The summed E-state index contributed by atoms with van der Waals surface area (Å²) in [5.41, 5.74) is 7.14. The molecule has 0 bridgehead atoms. The molecule has 0 fully saturated rings. The number of aryl methyl sites for hydroxylation is 2. The Morgan fingerprint density at radius 2 is 1.74 bits per heavy atom. The number of hydrogen-bond acceptors (Lipinski definition) is 5. The smallest absolute Gasteiger partial charge is 0.169 e. The van der Waals surface area contributed by atoms with E-state index < -0.39 is 10.1 Å². The Morgan fingerprint density at radius 3 is 2.35 bits per heavy atom. The molecule has 1 aromatic heterocycles. The predicted molar refractivity (Wildman–Crippen MR) is 85.9 cm³/mol. The number of benzene rings is 1. The lowest BCUT2D eigenvalue weighted by atomic mass is 10.2. The van der Waals surface area contributed by atoms with Crippen LogP contribution in [0.2, 0.25) is 0 Å². The van der Waals surface area contributed by atoms with Gasteiger partial charge >= 0.3 is 0 Å². The van der Waals surface area contributed by atoms with E-state index in [-0.39, 0.29) is 12.2 Å². The number of hydrogen-bond donors (Lipinski definition) is 1. The first kappa shape index (κ1) is 17.2. The second kappa shape index (κ2) is 7.94. The van der Waals surface area contributed by atoms with Gasteiger partial charge in [-0.1, -0.05) is 0 Å². The van der Waals surface area contributed by atoms with Crippen molar-refractivity contribution in [2.45, 2.75) is 19.4 Å². The number of pyridine rings is 1. The van der Waals surface area contributed by atoms with Crippen LogP contribution in [-0.2, 0) is 23.1 Å².